The maximum Gasteiger partial charge on any atom is 0.195 e. The molecule has 1 saturated heterocycles. The highest BCUT2D eigenvalue weighted by Crippen LogP contribution is 2.16. The molecule has 5 heteroatoms. The first-order valence-corrected chi connectivity index (χ1v) is 7.52. The van der Waals surface area contributed by atoms with Gasteiger partial charge in [-0.15, -0.1) is 0 Å². The summed E-state index contributed by atoms with van der Waals surface area (Å²) in [5, 5.41) is 0. The molecule has 1 fully saturated rings. The molecule has 1 heterocycles. The van der Waals surface area contributed by atoms with Gasteiger partial charge in [0.15, 0.2) is 5.78 Å². The Morgan fingerprint density at radius 1 is 1.04 bits per heavy atom. The summed E-state index contributed by atoms with van der Waals surface area (Å²) in [5.74, 6) is -1.98. The van der Waals surface area contributed by atoms with Crippen molar-refractivity contribution in [3.05, 3.63) is 70.8 Å². The second kappa shape index (κ2) is 6.98. The van der Waals surface area contributed by atoms with Crippen LogP contribution in [0.25, 0.3) is 0 Å². The van der Waals surface area contributed by atoms with Gasteiger partial charge in [0.25, 0.3) is 0 Å². The minimum absolute atomic E-state index is 0.118. The van der Waals surface area contributed by atoms with Crippen LogP contribution in [0.1, 0.15) is 21.5 Å². The van der Waals surface area contributed by atoms with E-state index in [9.17, 15) is 13.6 Å². The smallest absolute Gasteiger partial charge is 0.195 e. The van der Waals surface area contributed by atoms with Gasteiger partial charge in [0.2, 0.25) is 0 Å². The fourth-order valence-electron chi connectivity index (χ4n) is 2.61. The SMILES string of the molecule is O=C(c1ccc(CN2CCOCC2)cc1)c1ccc(F)cc1F. The van der Waals surface area contributed by atoms with E-state index in [0.717, 1.165) is 50.5 Å². The average molecular weight is 317 g/mol. The first kappa shape index (κ1) is 15.8. The topological polar surface area (TPSA) is 29.5 Å². The average Bonchev–Trinajstić information content (AvgIpc) is 2.56. The van der Waals surface area contributed by atoms with Crippen molar-refractivity contribution in [2.24, 2.45) is 0 Å². The van der Waals surface area contributed by atoms with Gasteiger partial charge in [-0.2, -0.15) is 0 Å². The Hall–Kier alpha value is -2.11. The molecule has 2 aromatic carbocycles. The van der Waals surface area contributed by atoms with Crippen molar-refractivity contribution in [2.75, 3.05) is 26.3 Å². The summed E-state index contributed by atoms with van der Waals surface area (Å²) in [6.07, 6.45) is 0. The van der Waals surface area contributed by atoms with Gasteiger partial charge in [-0.25, -0.2) is 8.78 Å². The largest absolute Gasteiger partial charge is 0.379 e. The Morgan fingerprint density at radius 2 is 1.74 bits per heavy atom. The highest BCUT2D eigenvalue weighted by molar-refractivity contribution is 6.09. The number of hydrogen-bond acceptors (Lipinski definition) is 3. The summed E-state index contributed by atoms with van der Waals surface area (Å²) in [5.41, 5.74) is 1.36. The number of hydrogen-bond donors (Lipinski definition) is 0. The van der Waals surface area contributed by atoms with Gasteiger partial charge < -0.3 is 4.74 Å². The van der Waals surface area contributed by atoms with Crippen molar-refractivity contribution in [1.82, 2.24) is 4.90 Å². The fourth-order valence-corrected chi connectivity index (χ4v) is 2.61. The molecule has 0 aromatic heterocycles. The lowest BCUT2D eigenvalue weighted by molar-refractivity contribution is 0.0342. The number of carbonyl (C=O) groups is 1. The van der Waals surface area contributed by atoms with Crippen molar-refractivity contribution in [3.63, 3.8) is 0 Å². The van der Waals surface area contributed by atoms with E-state index < -0.39 is 17.4 Å². The van der Waals surface area contributed by atoms with E-state index in [1.807, 2.05) is 12.1 Å². The van der Waals surface area contributed by atoms with E-state index in [1.54, 1.807) is 12.1 Å². The minimum Gasteiger partial charge on any atom is -0.379 e. The van der Waals surface area contributed by atoms with Crippen LogP contribution in [-0.4, -0.2) is 37.0 Å². The van der Waals surface area contributed by atoms with Crippen molar-refractivity contribution in [2.45, 2.75) is 6.54 Å². The van der Waals surface area contributed by atoms with E-state index in [2.05, 4.69) is 4.90 Å². The normalized spacial score (nSPS) is 15.6. The molecule has 0 amide bonds. The second-order valence-electron chi connectivity index (χ2n) is 5.54. The van der Waals surface area contributed by atoms with Crippen LogP contribution in [0.15, 0.2) is 42.5 Å². The molecule has 0 aliphatic carbocycles. The Morgan fingerprint density at radius 3 is 2.39 bits per heavy atom. The molecule has 0 N–H and O–H groups in total. The number of nitrogens with zero attached hydrogens (tertiary/aromatic N) is 1. The van der Waals surface area contributed by atoms with Gasteiger partial charge in [-0.1, -0.05) is 24.3 Å². The number of rotatable bonds is 4. The highest BCUT2D eigenvalue weighted by atomic mass is 19.1. The quantitative estimate of drug-likeness (QED) is 0.812. The molecule has 23 heavy (non-hydrogen) atoms. The van der Waals surface area contributed by atoms with Gasteiger partial charge in [0.05, 0.1) is 18.8 Å². The maximum atomic E-state index is 13.7. The number of morpholine rings is 1. The Labute approximate surface area is 133 Å². The molecule has 1 aliphatic rings. The van der Waals surface area contributed by atoms with Crippen LogP contribution in [0.4, 0.5) is 8.78 Å². The van der Waals surface area contributed by atoms with E-state index in [-0.39, 0.29) is 5.56 Å². The highest BCUT2D eigenvalue weighted by Gasteiger charge is 2.15. The van der Waals surface area contributed by atoms with E-state index in [4.69, 9.17) is 4.74 Å². The zero-order valence-electron chi connectivity index (χ0n) is 12.6. The van der Waals surface area contributed by atoms with Crippen LogP contribution in [0.5, 0.6) is 0 Å². The Kier molecular flexibility index (Phi) is 4.79. The lowest BCUT2D eigenvalue weighted by Crippen LogP contribution is -2.35. The summed E-state index contributed by atoms with van der Waals surface area (Å²) in [7, 11) is 0. The lowest BCUT2D eigenvalue weighted by atomic mass is 10.0. The molecule has 3 nitrogen and oxygen atoms in total. The van der Waals surface area contributed by atoms with Crippen molar-refractivity contribution < 1.29 is 18.3 Å². The molecule has 0 saturated carbocycles. The third-order valence-electron chi connectivity index (χ3n) is 3.90. The molecule has 0 spiro atoms. The minimum atomic E-state index is -0.840. The summed E-state index contributed by atoms with van der Waals surface area (Å²) < 4.78 is 31.9. The number of carbonyl (C=O) groups excluding carboxylic acids is 1. The molecular weight excluding hydrogens is 300 g/mol. The number of ether oxygens (including phenoxy) is 1. The van der Waals surface area contributed by atoms with E-state index in [0.29, 0.717) is 5.56 Å². The van der Waals surface area contributed by atoms with Crippen LogP contribution in [0.2, 0.25) is 0 Å². The Bertz CT molecular complexity index is 695. The third-order valence-corrected chi connectivity index (χ3v) is 3.90. The summed E-state index contributed by atoms with van der Waals surface area (Å²) in [4.78, 5) is 14.6. The zero-order chi connectivity index (χ0) is 16.2. The summed E-state index contributed by atoms with van der Waals surface area (Å²) in [6.45, 7) is 4.05. The Balaban J connectivity index is 1.72. The van der Waals surface area contributed by atoms with Gasteiger partial charge >= 0.3 is 0 Å². The van der Waals surface area contributed by atoms with E-state index >= 15 is 0 Å². The molecule has 0 unspecified atom stereocenters. The van der Waals surface area contributed by atoms with Crippen LogP contribution < -0.4 is 0 Å². The molecule has 120 valence electrons. The number of halogens is 2. The zero-order valence-corrected chi connectivity index (χ0v) is 12.6. The first-order valence-electron chi connectivity index (χ1n) is 7.52. The van der Waals surface area contributed by atoms with Crippen molar-refractivity contribution in [1.29, 1.82) is 0 Å². The predicted molar refractivity (Wildman–Crippen MR) is 82.3 cm³/mol. The molecule has 1 aliphatic heterocycles. The summed E-state index contributed by atoms with van der Waals surface area (Å²) >= 11 is 0. The third kappa shape index (κ3) is 3.81. The van der Waals surface area contributed by atoms with Gasteiger partial charge in [0.1, 0.15) is 11.6 Å². The van der Waals surface area contributed by atoms with Crippen LogP contribution >= 0.6 is 0 Å². The second-order valence-corrected chi connectivity index (χ2v) is 5.54. The molecule has 0 radical (unpaired) electrons. The molecular formula is C18H17F2NO2. The van der Waals surface area contributed by atoms with Crippen molar-refractivity contribution >= 4 is 5.78 Å². The summed E-state index contributed by atoms with van der Waals surface area (Å²) in [6, 6.07) is 10.1. The van der Waals surface area contributed by atoms with E-state index in [1.165, 1.54) is 6.07 Å². The molecule has 2 aromatic rings. The fraction of sp³-hybridized carbons (Fsp3) is 0.278. The number of ketones is 1. The monoisotopic (exact) mass is 317 g/mol. The number of benzene rings is 2. The lowest BCUT2D eigenvalue weighted by Gasteiger charge is -2.26. The maximum absolute atomic E-state index is 13.7. The van der Waals surface area contributed by atoms with Crippen LogP contribution in [-0.2, 0) is 11.3 Å². The molecule has 0 bridgehead atoms. The van der Waals surface area contributed by atoms with Crippen molar-refractivity contribution in [3.8, 4) is 0 Å². The van der Waals surface area contributed by atoms with Crippen LogP contribution in [0, 0.1) is 11.6 Å². The van der Waals surface area contributed by atoms with Gasteiger partial charge in [0, 0.05) is 31.3 Å². The van der Waals surface area contributed by atoms with Crippen LogP contribution in [0.3, 0.4) is 0 Å². The standard InChI is InChI=1S/C18H17F2NO2/c19-15-5-6-16(17(20)11-15)18(22)14-3-1-13(2-4-14)12-21-7-9-23-10-8-21/h1-6,11H,7-10,12H2. The van der Waals surface area contributed by atoms with Gasteiger partial charge in [-0.05, 0) is 17.7 Å². The molecule has 3 rings (SSSR count). The predicted octanol–water partition coefficient (Wildman–Crippen LogP) is 3.03. The molecule has 0 atom stereocenters. The van der Waals surface area contributed by atoms with Gasteiger partial charge in [-0.3, -0.25) is 9.69 Å². The first-order chi connectivity index (χ1) is 11.1.